The second kappa shape index (κ2) is 6.15. The summed E-state index contributed by atoms with van der Waals surface area (Å²) < 4.78 is 51.1. The summed E-state index contributed by atoms with van der Waals surface area (Å²) in [5, 5.41) is 10.0. The Bertz CT molecular complexity index is 602. The highest BCUT2D eigenvalue weighted by Crippen LogP contribution is 2.30. The number of hydrogen-bond donors (Lipinski definition) is 1. The first-order chi connectivity index (χ1) is 9.75. The fraction of sp³-hybridized carbons (Fsp3) is 0.200. The summed E-state index contributed by atoms with van der Waals surface area (Å²) in [6.07, 6.45) is -5.27. The van der Waals surface area contributed by atoms with Crippen molar-refractivity contribution in [1.29, 1.82) is 0 Å². The summed E-state index contributed by atoms with van der Waals surface area (Å²) in [5.41, 5.74) is 0.159. The van der Waals surface area contributed by atoms with Crippen LogP contribution in [0.15, 0.2) is 46.9 Å². The lowest BCUT2D eigenvalue weighted by Gasteiger charge is -2.13. The average molecular weight is 363 g/mol. The Labute approximate surface area is 127 Å². The summed E-state index contributed by atoms with van der Waals surface area (Å²) in [7, 11) is 0. The zero-order valence-electron chi connectivity index (χ0n) is 10.7. The van der Waals surface area contributed by atoms with E-state index in [0.717, 1.165) is 12.1 Å². The topological polar surface area (TPSA) is 20.2 Å². The average Bonchev–Trinajstić information content (AvgIpc) is 2.37. The Balaban J connectivity index is 2.14. The normalized spacial score (nSPS) is 13.2. The fourth-order valence-electron chi connectivity index (χ4n) is 1.94. The van der Waals surface area contributed by atoms with E-state index in [9.17, 15) is 22.7 Å². The fourth-order valence-corrected chi connectivity index (χ4v) is 2.42. The van der Waals surface area contributed by atoms with Crippen LogP contribution in [0.5, 0.6) is 0 Å². The second-order valence-corrected chi connectivity index (χ2v) is 5.53. The van der Waals surface area contributed by atoms with Crippen LogP contribution in [-0.2, 0) is 12.6 Å². The van der Waals surface area contributed by atoms with Crippen LogP contribution in [0.25, 0.3) is 0 Å². The Morgan fingerprint density at radius 3 is 2.19 bits per heavy atom. The first-order valence-corrected chi connectivity index (χ1v) is 6.85. The van der Waals surface area contributed by atoms with Crippen LogP contribution >= 0.6 is 15.9 Å². The van der Waals surface area contributed by atoms with Crippen molar-refractivity contribution in [1.82, 2.24) is 0 Å². The summed E-state index contributed by atoms with van der Waals surface area (Å²) in [5.74, 6) is -0.495. The van der Waals surface area contributed by atoms with Crippen molar-refractivity contribution in [3.8, 4) is 0 Å². The first-order valence-electron chi connectivity index (χ1n) is 6.06. The number of aliphatic hydroxyl groups excluding tert-OH is 1. The van der Waals surface area contributed by atoms with Gasteiger partial charge < -0.3 is 5.11 Å². The molecule has 0 aromatic heterocycles. The summed E-state index contributed by atoms with van der Waals surface area (Å²) in [4.78, 5) is 0. The summed E-state index contributed by atoms with van der Waals surface area (Å²) >= 11 is 3.12. The predicted molar refractivity (Wildman–Crippen MR) is 74.2 cm³/mol. The Kier molecular flexibility index (Phi) is 4.68. The molecule has 1 N–H and O–H groups in total. The van der Waals surface area contributed by atoms with Crippen LogP contribution in [-0.4, -0.2) is 5.11 Å². The maximum absolute atomic E-state index is 13.2. The molecule has 0 radical (unpaired) electrons. The predicted octanol–water partition coefficient (Wildman–Crippen LogP) is 4.88. The number of hydrogen-bond acceptors (Lipinski definition) is 1. The molecule has 1 nitrogen and oxygen atoms in total. The zero-order chi connectivity index (χ0) is 15.6. The van der Waals surface area contributed by atoms with E-state index >= 15 is 0 Å². The van der Waals surface area contributed by atoms with Gasteiger partial charge in [0.1, 0.15) is 5.82 Å². The van der Waals surface area contributed by atoms with Gasteiger partial charge in [0, 0.05) is 10.9 Å². The lowest BCUT2D eigenvalue weighted by Crippen LogP contribution is -2.06. The molecule has 1 atom stereocenters. The molecule has 0 aliphatic rings. The zero-order valence-corrected chi connectivity index (χ0v) is 12.2. The molecule has 0 amide bonds. The van der Waals surface area contributed by atoms with E-state index in [-0.39, 0.29) is 6.42 Å². The van der Waals surface area contributed by atoms with Gasteiger partial charge in [-0.2, -0.15) is 13.2 Å². The van der Waals surface area contributed by atoms with Crippen molar-refractivity contribution in [3.63, 3.8) is 0 Å². The third-order valence-corrected chi connectivity index (χ3v) is 3.44. The van der Waals surface area contributed by atoms with Gasteiger partial charge in [0.25, 0.3) is 0 Å². The van der Waals surface area contributed by atoms with Crippen molar-refractivity contribution >= 4 is 15.9 Å². The molecule has 2 rings (SSSR count). The van der Waals surface area contributed by atoms with Gasteiger partial charge in [0.05, 0.1) is 11.7 Å². The first kappa shape index (κ1) is 16.0. The Morgan fingerprint density at radius 2 is 1.67 bits per heavy atom. The number of aliphatic hydroxyl groups is 1. The SMILES string of the molecule is OC(Cc1ccc(C(F)(F)F)cc1)c1cc(F)cc(Br)c1. The molecule has 0 bridgehead atoms. The molecule has 0 fully saturated rings. The van der Waals surface area contributed by atoms with Gasteiger partial charge in [-0.3, -0.25) is 0 Å². The minimum atomic E-state index is -4.38. The van der Waals surface area contributed by atoms with E-state index in [1.165, 1.54) is 24.3 Å². The van der Waals surface area contributed by atoms with Crippen molar-refractivity contribution in [2.24, 2.45) is 0 Å². The molecular formula is C15H11BrF4O. The highest BCUT2D eigenvalue weighted by Gasteiger charge is 2.30. The molecule has 2 aromatic carbocycles. The van der Waals surface area contributed by atoms with Gasteiger partial charge >= 0.3 is 6.18 Å². The van der Waals surface area contributed by atoms with Gasteiger partial charge in [0.2, 0.25) is 0 Å². The van der Waals surface area contributed by atoms with E-state index in [0.29, 0.717) is 15.6 Å². The maximum atomic E-state index is 13.2. The highest BCUT2D eigenvalue weighted by molar-refractivity contribution is 9.10. The largest absolute Gasteiger partial charge is 0.416 e. The Morgan fingerprint density at radius 1 is 1.05 bits per heavy atom. The third kappa shape index (κ3) is 4.28. The summed E-state index contributed by atoms with van der Waals surface area (Å²) in [6, 6.07) is 8.56. The minimum absolute atomic E-state index is 0.105. The lowest BCUT2D eigenvalue weighted by atomic mass is 10.0. The molecule has 2 aromatic rings. The molecule has 112 valence electrons. The molecule has 0 saturated heterocycles. The van der Waals surface area contributed by atoms with Gasteiger partial charge in [-0.1, -0.05) is 28.1 Å². The number of benzene rings is 2. The van der Waals surface area contributed by atoms with Crippen LogP contribution < -0.4 is 0 Å². The van der Waals surface area contributed by atoms with E-state index in [4.69, 9.17) is 0 Å². The standard InChI is InChI=1S/C15H11BrF4O/c16-12-6-10(7-13(17)8-12)14(21)5-9-1-3-11(4-2-9)15(18,19)20/h1-4,6-8,14,21H,5H2. The Hall–Kier alpha value is -1.40. The molecule has 0 aliphatic heterocycles. The summed E-state index contributed by atoms with van der Waals surface area (Å²) in [6.45, 7) is 0. The quantitative estimate of drug-likeness (QED) is 0.771. The van der Waals surface area contributed by atoms with Crippen molar-refractivity contribution in [2.45, 2.75) is 18.7 Å². The maximum Gasteiger partial charge on any atom is 0.416 e. The van der Waals surface area contributed by atoms with E-state index in [2.05, 4.69) is 15.9 Å². The van der Waals surface area contributed by atoms with Gasteiger partial charge in [-0.15, -0.1) is 0 Å². The van der Waals surface area contributed by atoms with Gasteiger partial charge in [0.15, 0.2) is 0 Å². The monoisotopic (exact) mass is 362 g/mol. The number of halogens is 5. The third-order valence-electron chi connectivity index (χ3n) is 2.98. The molecule has 0 heterocycles. The van der Waals surface area contributed by atoms with Crippen LogP contribution in [0.3, 0.4) is 0 Å². The van der Waals surface area contributed by atoms with Crippen LogP contribution in [0.2, 0.25) is 0 Å². The molecule has 0 spiro atoms. The molecule has 21 heavy (non-hydrogen) atoms. The van der Waals surface area contributed by atoms with E-state index < -0.39 is 23.7 Å². The molecule has 0 aliphatic carbocycles. The van der Waals surface area contributed by atoms with Crippen molar-refractivity contribution in [2.75, 3.05) is 0 Å². The second-order valence-electron chi connectivity index (χ2n) is 4.62. The highest BCUT2D eigenvalue weighted by atomic mass is 79.9. The smallest absolute Gasteiger partial charge is 0.388 e. The van der Waals surface area contributed by atoms with Crippen molar-refractivity contribution < 1.29 is 22.7 Å². The molecule has 1 unspecified atom stereocenters. The molecule has 0 saturated carbocycles. The number of rotatable bonds is 3. The van der Waals surface area contributed by atoms with Crippen LogP contribution in [0.4, 0.5) is 17.6 Å². The van der Waals surface area contributed by atoms with Gasteiger partial charge in [-0.05, 0) is 41.5 Å². The van der Waals surface area contributed by atoms with E-state index in [1.807, 2.05) is 0 Å². The van der Waals surface area contributed by atoms with Crippen LogP contribution in [0.1, 0.15) is 22.8 Å². The van der Waals surface area contributed by atoms with E-state index in [1.54, 1.807) is 6.07 Å². The minimum Gasteiger partial charge on any atom is -0.388 e. The molecular weight excluding hydrogens is 352 g/mol. The van der Waals surface area contributed by atoms with Gasteiger partial charge in [-0.25, -0.2) is 4.39 Å². The van der Waals surface area contributed by atoms with Crippen molar-refractivity contribution in [3.05, 3.63) is 69.4 Å². The lowest BCUT2D eigenvalue weighted by molar-refractivity contribution is -0.137. The van der Waals surface area contributed by atoms with Crippen LogP contribution in [0, 0.1) is 5.82 Å². The number of alkyl halides is 3. The molecule has 6 heteroatoms.